The Bertz CT molecular complexity index is 610. The van der Waals surface area contributed by atoms with Gasteiger partial charge in [0.25, 0.3) is 0 Å². The number of ether oxygens (including phenoxy) is 2. The summed E-state index contributed by atoms with van der Waals surface area (Å²) < 4.78 is 24.0. The first kappa shape index (κ1) is 14.8. The monoisotopic (exact) mass is 290 g/mol. The molecule has 0 radical (unpaired) electrons. The maximum atomic E-state index is 13.8. The summed E-state index contributed by atoms with van der Waals surface area (Å²) in [5.74, 6) is -1.33. The summed E-state index contributed by atoms with van der Waals surface area (Å²) in [4.78, 5) is 11.8. The van der Waals surface area contributed by atoms with Gasteiger partial charge in [0.1, 0.15) is 29.8 Å². The molecule has 0 aromatic heterocycles. The fourth-order valence-corrected chi connectivity index (χ4v) is 1.91. The van der Waals surface area contributed by atoms with Gasteiger partial charge in [-0.3, -0.25) is 4.79 Å². The van der Waals surface area contributed by atoms with Crippen LogP contribution in [0.5, 0.6) is 11.5 Å². The first-order chi connectivity index (χ1) is 10.1. The number of rotatable bonds is 5. The highest BCUT2D eigenvalue weighted by Gasteiger charge is 2.25. The average Bonchev–Trinajstić information content (AvgIpc) is 2.50. The number of carbonyl (C=O) groups excluding carboxylic acids is 1. The standard InChI is InChI=1S/C16H15FO4/c1-20-16(19)14(13-4-2-3-5-15(13)17)10-21-12-8-6-11(18)7-9-12/h2-9,14,18H,10H2,1H3. The van der Waals surface area contributed by atoms with Gasteiger partial charge in [0, 0.05) is 5.56 Å². The van der Waals surface area contributed by atoms with Gasteiger partial charge < -0.3 is 14.6 Å². The molecule has 2 rings (SSSR count). The smallest absolute Gasteiger partial charge is 0.316 e. The van der Waals surface area contributed by atoms with E-state index in [0.717, 1.165) is 0 Å². The van der Waals surface area contributed by atoms with E-state index in [1.165, 1.54) is 31.4 Å². The number of carbonyl (C=O) groups is 1. The Morgan fingerprint density at radius 3 is 2.48 bits per heavy atom. The molecule has 0 aliphatic heterocycles. The molecule has 0 heterocycles. The van der Waals surface area contributed by atoms with Gasteiger partial charge in [0.2, 0.25) is 0 Å². The van der Waals surface area contributed by atoms with Crippen molar-refractivity contribution in [1.82, 2.24) is 0 Å². The predicted octanol–water partition coefficient (Wildman–Crippen LogP) is 2.87. The molecular formula is C16H15FO4. The molecule has 110 valence electrons. The van der Waals surface area contributed by atoms with Gasteiger partial charge in [-0.2, -0.15) is 0 Å². The number of hydrogen-bond donors (Lipinski definition) is 1. The van der Waals surface area contributed by atoms with E-state index in [1.807, 2.05) is 0 Å². The van der Waals surface area contributed by atoms with E-state index in [9.17, 15) is 14.3 Å². The third-order valence-corrected chi connectivity index (χ3v) is 3.02. The minimum atomic E-state index is -0.856. The first-order valence-corrected chi connectivity index (χ1v) is 6.36. The lowest BCUT2D eigenvalue weighted by Gasteiger charge is -2.16. The van der Waals surface area contributed by atoms with E-state index in [4.69, 9.17) is 9.47 Å². The zero-order valence-electron chi connectivity index (χ0n) is 11.5. The summed E-state index contributed by atoms with van der Waals surface area (Å²) >= 11 is 0. The van der Waals surface area contributed by atoms with Crippen molar-refractivity contribution in [2.75, 3.05) is 13.7 Å². The van der Waals surface area contributed by atoms with Crippen molar-refractivity contribution in [3.8, 4) is 11.5 Å². The van der Waals surface area contributed by atoms with Crippen LogP contribution in [-0.4, -0.2) is 24.8 Å². The fourth-order valence-electron chi connectivity index (χ4n) is 1.91. The van der Waals surface area contributed by atoms with Crippen LogP contribution in [0.15, 0.2) is 48.5 Å². The van der Waals surface area contributed by atoms with Crippen molar-refractivity contribution in [3.05, 3.63) is 59.9 Å². The topological polar surface area (TPSA) is 55.8 Å². The molecular weight excluding hydrogens is 275 g/mol. The largest absolute Gasteiger partial charge is 0.508 e. The molecule has 1 atom stereocenters. The van der Waals surface area contributed by atoms with Crippen LogP contribution in [0, 0.1) is 5.82 Å². The molecule has 2 aromatic rings. The van der Waals surface area contributed by atoms with Gasteiger partial charge in [0.05, 0.1) is 7.11 Å². The maximum Gasteiger partial charge on any atom is 0.316 e. The molecule has 0 amide bonds. The molecule has 21 heavy (non-hydrogen) atoms. The van der Waals surface area contributed by atoms with Gasteiger partial charge in [0.15, 0.2) is 0 Å². The van der Waals surface area contributed by atoms with E-state index in [2.05, 4.69) is 0 Å². The van der Waals surface area contributed by atoms with Crippen molar-refractivity contribution >= 4 is 5.97 Å². The summed E-state index contributed by atoms with van der Waals surface area (Å²) in [7, 11) is 1.25. The molecule has 0 saturated heterocycles. The van der Waals surface area contributed by atoms with Crippen molar-refractivity contribution in [3.63, 3.8) is 0 Å². The number of benzene rings is 2. The molecule has 4 nitrogen and oxygen atoms in total. The van der Waals surface area contributed by atoms with Gasteiger partial charge in [-0.1, -0.05) is 18.2 Å². The quantitative estimate of drug-likeness (QED) is 0.860. The number of phenolic OH excluding ortho intramolecular Hbond substituents is 1. The minimum Gasteiger partial charge on any atom is -0.508 e. The Kier molecular flexibility index (Phi) is 4.77. The van der Waals surface area contributed by atoms with Crippen molar-refractivity contribution < 1.29 is 23.8 Å². The highest BCUT2D eigenvalue weighted by Crippen LogP contribution is 2.23. The summed E-state index contributed by atoms with van der Waals surface area (Å²) in [5, 5.41) is 9.20. The average molecular weight is 290 g/mol. The summed E-state index contributed by atoms with van der Waals surface area (Å²) in [6.45, 7) is -0.0572. The zero-order valence-corrected chi connectivity index (χ0v) is 11.5. The minimum absolute atomic E-state index is 0.0572. The fraction of sp³-hybridized carbons (Fsp3) is 0.188. The van der Waals surface area contributed by atoms with E-state index in [1.54, 1.807) is 24.3 Å². The van der Waals surface area contributed by atoms with Gasteiger partial charge >= 0.3 is 5.97 Å². The second-order valence-corrected chi connectivity index (χ2v) is 4.40. The van der Waals surface area contributed by atoms with Crippen LogP contribution in [-0.2, 0) is 9.53 Å². The lowest BCUT2D eigenvalue weighted by Crippen LogP contribution is -2.22. The van der Waals surface area contributed by atoms with Gasteiger partial charge in [-0.05, 0) is 30.3 Å². The van der Waals surface area contributed by atoms with E-state index in [0.29, 0.717) is 5.75 Å². The van der Waals surface area contributed by atoms with E-state index >= 15 is 0 Å². The number of methoxy groups -OCH3 is 1. The second-order valence-electron chi connectivity index (χ2n) is 4.40. The van der Waals surface area contributed by atoms with Crippen LogP contribution in [0.25, 0.3) is 0 Å². The number of phenols is 1. The van der Waals surface area contributed by atoms with E-state index < -0.39 is 17.7 Å². The Morgan fingerprint density at radius 1 is 1.19 bits per heavy atom. The van der Waals surface area contributed by atoms with E-state index in [-0.39, 0.29) is 17.9 Å². The van der Waals surface area contributed by atoms with Gasteiger partial charge in [-0.25, -0.2) is 4.39 Å². The summed E-state index contributed by atoms with van der Waals surface area (Å²) in [5.41, 5.74) is 0.225. The lowest BCUT2D eigenvalue weighted by atomic mass is 9.99. The highest BCUT2D eigenvalue weighted by atomic mass is 19.1. The van der Waals surface area contributed by atoms with Crippen LogP contribution < -0.4 is 4.74 Å². The Morgan fingerprint density at radius 2 is 1.86 bits per heavy atom. The molecule has 0 saturated carbocycles. The second kappa shape index (κ2) is 6.74. The lowest BCUT2D eigenvalue weighted by molar-refractivity contribution is -0.143. The van der Waals surface area contributed by atoms with Crippen molar-refractivity contribution in [1.29, 1.82) is 0 Å². The molecule has 0 spiro atoms. The number of halogens is 1. The van der Waals surface area contributed by atoms with Crippen LogP contribution in [0.3, 0.4) is 0 Å². The summed E-state index contributed by atoms with van der Waals surface area (Å²) in [6, 6.07) is 12.1. The van der Waals surface area contributed by atoms with Crippen molar-refractivity contribution in [2.45, 2.75) is 5.92 Å². The Hall–Kier alpha value is -2.56. The van der Waals surface area contributed by atoms with Crippen LogP contribution in [0.4, 0.5) is 4.39 Å². The Labute approximate surface area is 121 Å². The molecule has 1 N–H and O–H groups in total. The molecule has 1 unspecified atom stereocenters. The van der Waals surface area contributed by atoms with Gasteiger partial charge in [-0.15, -0.1) is 0 Å². The third-order valence-electron chi connectivity index (χ3n) is 3.02. The SMILES string of the molecule is COC(=O)C(COc1ccc(O)cc1)c1ccccc1F. The number of hydrogen-bond acceptors (Lipinski definition) is 4. The highest BCUT2D eigenvalue weighted by molar-refractivity contribution is 5.78. The molecule has 0 aliphatic carbocycles. The molecule has 2 aromatic carbocycles. The normalized spacial score (nSPS) is 11.7. The molecule has 5 heteroatoms. The first-order valence-electron chi connectivity index (χ1n) is 6.36. The van der Waals surface area contributed by atoms with Crippen molar-refractivity contribution in [2.24, 2.45) is 0 Å². The Balaban J connectivity index is 2.16. The predicted molar refractivity (Wildman–Crippen MR) is 74.8 cm³/mol. The number of aromatic hydroxyl groups is 1. The molecule has 0 aliphatic rings. The van der Waals surface area contributed by atoms with Crippen LogP contribution in [0.1, 0.15) is 11.5 Å². The third kappa shape index (κ3) is 3.72. The zero-order chi connectivity index (χ0) is 15.2. The maximum absolute atomic E-state index is 13.8. The van der Waals surface area contributed by atoms with Crippen LogP contribution >= 0.6 is 0 Å². The van der Waals surface area contributed by atoms with Crippen LogP contribution in [0.2, 0.25) is 0 Å². The number of esters is 1. The molecule has 0 bridgehead atoms. The summed E-state index contributed by atoms with van der Waals surface area (Å²) in [6.07, 6.45) is 0. The molecule has 0 fully saturated rings.